The first-order valence-electron chi connectivity index (χ1n) is 32.7. The Balaban J connectivity index is 3.55. The van der Waals surface area contributed by atoms with Gasteiger partial charge in [-0.2, -0.15) is 0 Å². The van der Waals surface area contributed by atoms with Crippen molar-refractivity contribution in [3.05, 3.63) is 122 Å². The lowest BCUT2D eigenvalue weighted by Crippen LogP contribution is -2.45. The number of carbonyl (C=O) groups excluding carboxylic acids is 1. The molecule has 0 aliphatic rings. The maximum Gasteiger partial charge on any atom is 0.220 e. The molecule has 1 amide bonds. The Morgan fingerprint density at radius 3 is 0.921 bits per heavy atom. The molecule has 0 fully saturated rings. The van der Waals surface area contributed by atoms with Gasteiger partial charge in [-0.3, -0.25) is 4.79 Å². The molecular weight excluding hydrogens is 927 g/mol. The van der Waals surface area contributed by atoms with E-state index in [0.717, 1.165) is 83.5 Å². The van der Waals surface area contributed by atoms with Crippen LogP contribution in [-0.4, -0.2) is 34.9 Å². The highest BCUT2D eigenvalue weighted by Crippen LogP contribution is 2.17. The Bertz CT molecular complexity index is 1470. The molecule has 0 saturated carbocycles. The predicted molar refractivity (Wildman–Crippen MR) is 340 cm³/mol. The second-order valence-corrected chi connectivity index (χ2v) is 21.8. The zero-order valence-electron chi connectivity index (χ0n) is 50.2. The average molecular weight is 1050 g/mol. The molecule has 2 unspecified atom stereocenters. The number of aliphatic hydroxyl groups excluding tert-OH is 2. The molecule has 0 spiro atoms. The van der Waals surface area contributed by atoms with Crippen LogP contribution in [0.3, 0.4) is 0 Å². The minimum Gasteiger partial charge on any atom is -0.394 e. The van der Waals surface area contributed by atoms with E-state index >= 15 is 0 Å². The Hall–Kier alpha value is -3.21. The van der Waals surface area contributed by atoms with Crippen LogP contribution >= 0.6 is 0 Å². The Labute approximate surface area is 473 Å². The monoisotopic (exact) mass is 1050 g/mol. The largest absolute Gasteiger partial charge is 0.394 e. The lowest BCUT2D eigenvalue weighted by atomic mass is 10.0. The zero-order chi connectivity index (χ0) is 54.8. The molecule has 0 saturated heterocycles. The molecule has 0 radical (unpaired) electrons. The van der Waals surface area contributed by atoms with Crippen molar-refractivity contribution in [3.8, 4) is 0 Å². The van der Waals surface area contributed by atoms with Crippen molar-refractivity contribution >= 4 is 5.91 Å². The molecule has 76 heavy (non-hydrogen) atoms. The summed E-state index contributed by atoms with van der Waals surface area (Å²) in [5.41, 5.74) is 0. The first-order chi connectivity index (χ1) is 37.7. The minimum atomic E-state index is -0.877. The molecule has 0 aliphatic carbocycles. The number of carbonyl (C=O) groups is 1. The number of hydrogen-bond donors (Lipinski definition) is 3. The number of rotatable bonds is 59. The lowest BCUT2D eigenvalue weighted by Gasteiger charge is -2.19. The average Bonchev–Trinajstić information content (AvgIpc) is 3.42. The number of unbranched alkanes of at least 4 members (excludes halogenated alkanes) is 34. The van der Waals surface area contributed by atoms with Crippen molar-refractivity contribution in [1.29, 1.82) is 0 Å². The van der Waals surface area contributed by atoms with E-state index in [1.165, 1.54) is 205 Å². The van der Waals surface area contributed by atoms with Crippen LogP contribution in [0.25, 0.3) is 0 Å². The van der Waals surface area contributed by atoms with Crippen LogP contribution < -0.4 is 5.32 Å². The van der Waals surface area contributed by atoms with Gasteiger partial charge in [0.25, 0.3) is 0 Å². The van der Waals surface area contributed by atoms with Crippen LogP contribution in [0.1, 0.15) is 309 Å². The van der Waals surface area contributed by atoms with Crippen LogP contribution in [0.15, 0.2) is 122 Å². The topological polar surface area (TPSA) is 69.6 Å². The summed E-state index contributed by atoms with van der Waals surface area (Å²) >= 11 is 0. The van der Waals surface area contributed by atoms with Crippen LogP contribution in [0, 0.1) is 0 Å². The summed E-state index contributed by atoms with van der Waals surface area (Å²) < 4.78 is 0. The first kappa shape index (κ1) is 72.8. The molecule has 0 rings (SSSR count). The predicted octanol–water partition coefficient (Wildman–Crippen LogP) is 22.4. The summed E-state index contributed by atoms with van der Waals surface area (Å²) in [6.45, 7) is 4.20. The standard InChI is InChI=1S/C72H125NO3/c1-3-5-7-9-11-13-15-17-19-21-23-25-27-29-30-31-32-33-34-35-36-37-38-39-40-41-42-44-46-48-50-52-54-56-58-60-62-64-66-68-72(76)73-70(69-74)71(75)67-65-63-61-59-57-55-53-51-49-47-45-43-28-26-24-22-20-18-16-14-12-10-8-6-4-2/h5,7,11,13,17,19,23,25,29-30,32-33,35-36,49,51,57,59,65,67,70-71,74-75H,3-4,6,8-10,12,14-16,18,20-22,24,26-28,31,34,37-48,50,52-56,58,60-64,66,68-69H2,1-2H3,(H,73,76)/b7-5-,13-11-,19-17-,25-23-,30-29-,33-32-,36-35-,51-49+,59-57+,67-65+. The van der Waals surface area contributed by atoms with E-state index in [1.54, 1.807) is 6.08 Å². The van der Waals surface area contributed by atoms with Gasteiger partial charge < -0.3 is 15.5 Å². The van der Waals surface area contributed by atoms with Crippen molar-refractivity contribution in [2.24, 2.45) is 0 Å². The second kappa shape index (κ2) is 66.1. The normalized spacial score (nSPS) is 13.6. The molecule has 0 heterocycles. The van der Waals surface area contributed by atoms with Crippen molar-refractivity contribution in [1.82, 2.24) is 5.32 Å². The molecule has 4 nitrogen and oxygen atoms in total. The maximum atomic E-state index is 12.5. The zero-order valence-corrected chi connectivity index (χ0v) is 50.2. The van der Waals surface area contributed by atoms with Gasteiger partial charge in [0.2, 0.25) is 5.91 Å². The molecule has 436 valence electrons. The van der Waals surface area contributed by atoms with Gasteiger partial charge in [-0.1, -0.05) is 322 Å². The number of hydrogen-bond acceptors (Lipinski definition) is 3. The fraction of sp³-hybridized carbons (Fsp3) is 0.708. The summed E-state index contributed by atoms with van der Waals surface area (Å²) in [7, 11) is 0. The molecule has 0 aromatic heterocycles. The summed E-state index contributed by atoms with van der Waals surface area (Å²) in [5.74, 6) is -0.0781. The van der Waals surface area contributed by atoms with Gasteiger partial charge in [0, 0.05) is 6.42 Å². The number of nitrogens with one attached hydrogen (secondary N) is 1. The summed E-state index contributed by atoms with van der Waals surface area (Å²) in [6.07, 6.45) is 101. The van der Waals surface area contributed by atoms with Crippen molar-refractivity contribution in [3.63, 3.8) is 0 Å². The summed E-state index contributed by atoms with van der Waals surface area (Å²) in [4.78, 5) is 12.5. The van der Waals surface area contributed by atoms with E-state index in [4.69, 9.17) is 0 Å². The van der Waals surface area contributed by atoms with Crippen LogP contribution in [-0.2, 0) is 4.79 Å². The van der Waals surface area contributed by atoms with Crippen LogP contribution in [0.4, 0.5) is 0 Å². The van der Waals surface area contributed by atoms with Gasteiger partial charge in [0.15, 0.2) is 0 Å². The highest BCUT2D eigenvalue weighted by Gasteiger charge is 2.18. The van der Waals surface area contributed by atoms with Gasteiger partial charge in [-0.25, -0.2) is 0 Å². The molecule has 0 aromatic rings. The highest BCUT2D eigenvalue weighted by molar-refractivity contribution is 5.76. The quantitative estimate of drug-likeness (QED) is 0.0420. The van der Waals surface area contributed by atoms with Crippen LogP contribution in [0.5, 0.6) is 0 Å². The molecule has 0 bridgehead atoms. The van der Waals surface area contributed by atoms with Gasteiger partial charge >= 0.3 is 0 Å². The van der Waals surface area contributed by atoms with Crippen LogP contribution in [0.2, 0.25) is 0 Å². The second-order valence-electron chi connectivity index (χ2n) is 21.8. The Kier molecular flexibility index (Phi) is 63.3. The molecule has 4 heteroatoms. The number of amides is 1. The Morgan fingerprint density at radius 2 is 0.592 bits per heavy atom. The van der Waals surface area contributed by atoms with E-state index in [-0.39, 0.29) is 12.5 Å². The highest BCUT2D eigenvalue weighted by atomic mass is 16.3. The van der Waals surface area contributed by atoms with E-state index in [2.05, 4.69) is 129 Å². The molecular formula is C72H125NO3. The van der Waals surface area contributed by atoms with Gasteiger partial charge in [0.1, 0.15) is 0 Å². The lowest BCUT2D eigenvalue weighted by molar-refractivity contribution is -0.123. The van der Waals surface area contributed by atoms with Gasteiger partial charge in [-0.05, 0) is 103 Å². The SMILES string of the molecule is CC/C=C\C/C=C\C/C=C\C/C=C\C/C=C\C/C=C\C/C=C\CCCCCCCCCCCCCCCCCCCC(=O)NC(CO)C(O)/C=C/CC/C=C/CC/C=C/CCCCCCCCCCCCCCCCC. The minimum absolute atomic E-state index is 0.0781. The van der Waals surface area contributed by atoms with E-state index in [1.807, 2.05) is 6.08 Å². The first-order valence-corrected chi connectivity index (χ1v) is 32.7. The molecule has 0 aliphatic heterocycles. The van der Waals surface area contributed by atoms with E-state index in [0.29, 0.717) is 6.42 Å². The molecule has 3 N–H and O–H groups in total. The molecule has 0 aromatic carbocycles. The third kappa shape index (κ3) is 61.6. The summed E-state index contributed by atoms with van der Waals surface area (Å²) in [5, 5.41) is 23.2. The van der Waals surface area contributed by atoms with Gasteiger partial charge in [0.05, 0.1) is 18.8 Å². The van der Waals surface area contributed by atoms with E-state index in [9.17, 15) is 15.0 Å². The summed E-state index contributed by atoms with van der Waals surface area (Å²) in [6, 6.07) is -0.653. The third-order valence-corrected chi connectivity index (χ3v) is 14.4. The van der Waals surface area contributed by atoms with E-state index < -0.39 is 12.1 Å². The van der Waals surface area contributed by atoms with Gasteiger partial charge in [-0.15, -0.1) is 0 Å². The van der Waals surface area contributed by atoms with Crippen molar-refractivity contribution < 1.29 is 15.0 Å². The Morgan fingerprint density at radius 1 is 0.329 bits per heavy atom. The molecule has 2 atom stereocenters. The smallest absolute Gasteiger partial charge is 0.220 e. The third-order valence-electron chi connectivity index (χ3n) is 14.4. The van der Waals surface area contributed by atoms with Crippen molar-refractivity contribution in [2.45, 2.75) is 321 Å². The maximum absolute atomic E-state index is 12.5. The number of aliphatic hydroxyl groups is 2. The fourth-order valence-corrected chi connectivity index (χ4v) is 9.49. The van der Waals surface area contributed by atoms with Crippen molar-refractivity contribution in [2.75, 3.05) is 6.61 Å². The number of allylic oxidation sites excluding steroid dienone is 19. The fourth-order valence-electron chi connectivity index (χ4n) is 9.49.